The second-order valence-corrected chi connectivity index (χ2v) is 0.447. The molecule has 0 saturated heterocycles. The Labute approximate surface area is 116 Å². The van der Waals surface area contributed by atoms with Gasteiger partial charge in [0.2, 0.25) is 0 Å². The Balaban J connectivity index is -0.0000000114. The minimum atomic E-state index is 0. The second-order valence-electron chi connectivity index (χ2n) is 0.447. The Bertz CT molecular complexity index is 123. The first-order chi connectivity index (χ1) is 8.49. The fraction of sp³-hybridized carbons (Fsp3) is 0. The molecule has 0 atom stereocenters. The van der Waals surface area contributed by atoms with Gasteiger partial charge in [0, 0.05) is 19.5 Å². The molecule has 0 aliphatic rings. The van der Waals surface area contributed by atoms with Crippen molar-refractivity contribution in [3.8, 4) is 0 Å². The zero-order chi connectivity index (χ0) is 16.2. The maximum atomic E-state index is 8.00. The average Bonchev–Trinajstić information content (AvgIpc) is 2.23. The van der Waals surface area contributed by atoms with E-state index in [9.17, 15) is 0 Å². The van der Waals surface area contributed by atoms with Gasteiger partial charge in [0.25, 0.3) is 0 Å². The first kappa shape index (κ1) is 44.4. The third-order valence-electron chi connectivity index (χ3n) is 0. The fourth-order valence-electron chi connectivity index (χ4n) is 0. The first-order valence-corrected chi connectivity index (χ1v) is 2.19. The normalized spacial score (nSPS) is 3.79. The molecule has 18 nitrogen and oxygen atoms in total. The van der Waals surface area contributed by atoms with Crippen LogP contribution in [0, 0.1) is 60.7 Å². The van der Waals surface area contributed by atoms with Gasteiger partial charge in [-0.15, -0.1) is 32.0 Å². The summed E-state index contributed by atoms with van der Waals surface area (Å²) >= 11 is 0. The summed E-state index contributed by atoms with van der Waals surface area (Å²) in [5.41, 5.74) is 0. The molecule has 0 spiro atoms. The molecule has 0 N–H and O–H groups in total. The Morgan fingerprint density at radius 2 is 0.421 bits per heavy atom. The SMILES string of the molecule is O=N[O-].O=N[O-].O=N[O-].O=N[O-].O=N[O-].O=N[O-].[H+].[H+].[Rh]. The predicted molar refractivity (Wildman–Crippen MR) is 57.2 cm³/mol. The van der Waals surface area contributed by atoms with Gasteiger partial charge in [-0.25, -0.2) is 0 Å². The van der Waals surface area contributed by atoms with Gasteiger partial charge in [-0.3, -0.25) is 0 Å². The number of nitrogens with zero attached hydrogens (tertiary/aromatic N) is 6. The molecular weight excluding hydrogens is 379 g/mol. The standard InChI is InChI=1S/6HNO2.Rh/c6*2-1-3;/h6*(H,2,3);/p-4. The van der Waals surface area contributed by atoms with Crippen molar-refractivity contribution in [3.05, 3.63) is 60.7 Å². The smallest absolute Gasteiger partial charge is 0.444 e. The molecule has 0 aliphatic heterocycles. The van der Waals surface area contributed by atoms with E-state index in [2.05, 4.69) is 0 Å². The summed E-state index contributed by atoms with van der Waals surface area (Å²) in [4.78, 5) is 48.0. The van der Waals surface area contributed by atoms with Crippen LogP contribution in [-0.4, -0.2) is 0 Å². The van der Waals surface area contributed by atoms with Crippen LogP contribution in [0.15, 0.2) is 32.0 Å². The topological polar surface area (TPSA) is 315 Å². The van der Waals surface area contributed by atoms with Crippen LogP contribution >= 0.6 is 0 Å². The van der Waals surface area contributed by atoms with Crippen molar-refractivity contribution >= 4 is 0 Å². The zero-order valence-electron chi connectivity index (χ0n) is 9.92. The third kappa shape index (κ3) is 288. The molecule has 0 heterocycles. The third-order valence-corrected chi connectivity index (χ3v) is 0. The van der Waals surface area contributed by atoms with Crippen molar-refractivity contribution < 1.29 is 22.3 Å². The molecule has 19 heteroatoms. The monoisotopic (exact) mass is 381 g/mol. The molecule has 0 rings (SSSR count). The van der Waals surface area contributed by atoms with Gasteiger partial charge in [0.15, 0.2) is 0 Å². The molecule has 0 aromatic heterocycles. The van der Waals surface area contributed by atoms with E-state index in [1.165, 1.54) is 0 Å². The Kier molecular flexibility index (Phi) is 756. The van der Waals surface area contributed by atoms with Crippen LogP contribution in [0.25, 0.3) is 0 Å². The molecule has 0 aromatic rings. The van der Waals surface area contributed by atoms with E-state index in [4.69, 9.17) is 60.7 Å². The molecule has 19 heavy (non-hydrogen) atoms. The molecule has 0 amide bonds. The van der Waals surface area contributed by atoms with Crippen LogP contribution < -0.4 is 0 Å². The van der Waals surface area contributed by atoms with E-state index in [1.54, 1.807) is 0 Å². The summed E-state index contributed by atoms with van der Waals surface area (Å²) in [6.07, 6.45) is 0. The van der Waals surface area contributed by atoms with Crippen molar-refractivity contribution in [2.24, 2.45) is 32.0 Å². The van der Waals surface area contributed by atoms with Crippen molar-refractivity contribution in [1.82, 2.24) is 0 Å². The van der Waals surface area contributed by atoms with Crippen LogP contribution in [0.2, 0.25) is 0 Å². The number of hydrogen-bond donors (Lipinski definition) is 0. The Morgan fingerprint density at radius 1 is 0.421 bits per heavy atom. The number of rotatable bonds is 0. The molecule has 1 radical (unpaired) electrons. The molecular formula is H2N6O12Rh-4. The molecule has 117 valence electrons. The first-order valence-electron chi connectivity index (χ1n) is 2.19. The maximum Gasteiger partial charge on any atom is 1.00 e. The zero-order valence-corrected chi connectivity index (χ0v) is 9.55. The number of hydrogen-bond acceptors (Lipinski definition) is 18. The summed E-state index contributed by atoms with van der Waals surface area (Å²) in [5, 5.41) is 54.0. The Hall–Kier alpha value is -2.98. The largest absolute Gasteiger partial charge is 1.00 e. The van der Waals surface area contributed by atoms with Gasteiger partial charge >= 0.3 is 2.85 Å². The molecule has 0 unspecified atom stereocenters. The van der Waals surface area contributed by atoms with Crippen molar-refractivity contribution in [2.75, 3.05) is 0 Å². The predicted octanol–water partition coefficient (Wildman–Crippen LogP) is 1.73. The Morgan fingerprint density at radius 3 is 0.421 bits per heavy atom. The van der Waals surface area contributed by atoms with Gasteiger partial charge in [-0.05, 0) is 0 Å². The van der Waals surface area contributed by atoms with Crippen LogP contribution in [-0.2, 0) is 19.5 Å². The summed E-state index contributed by atoms with van der Waals surface area (Å²) in [5.74, 6) is 0. The van der Waals surface area contributed by atoms with E-state index < -0.39 is 0 Å². The molecule has 0 fully saturated rings. The van der Waals surface area contributed by atoms with Crippen LogP contribution in [0.1, 0.15) is 2.85 Å². The fourth-order valence-corrected chi connectivity index (χ4v) is 0. The van der Waals surface area contributed by atoms with E-state index >= 15 is 0 Å². The summed E-state index contributed by atoms with van der Waals surface area (Å²) in [7, 11) is 0. The second kappa shape index (κ2) is 323. The quantitative estimate of drug-likeness (QED) is 0.328. The minimum absolute atomic E-state index is 0. The molecule has 0 bridgehead atoms. The molecule has 0 saturated carbocycles. The molecule has 0 aliphatic carbocycles. The summed E-state index contributed by atoms with van der Waals surface area (Å²) in [6, 6.07) is 0. The van der Waals surface area contributed by atoms with Crippen molar-refractivity contribution in [1.29, 1.82) is 0 Å². The molecule has 0 aromatic carbocycles. The van der Waals surface area contributed by atoms with Gasteiger partial charge in [-0.1, -0.05) is 0 Å². The van der Waals surface area contributed by atoms with E-state index in [-0.39, 0.29) is 22.3 Å². The van der Waals surface area contributed by atoms with Crippen molar-refractivity contribution in [3.63, 3.8) is 0 Å². The average molecular weight is 381 g/mol. The summed E-state index contributed by atoms with van der Waals surface area (Å²) in [6.45, 7) is 0. The van der Waals surface area contributed by atoms with E-state index in [1.807, 2.05) is 0 Å². The van der Waals surface area contributed by atoms with Gasteiger partial charge in [0.1, 0.15) is 0 Å². The van der Waals surface area contributed by atoms with Gasteiger partial charge in [0.05, 0.1) is 0 Å². The van der Waals surface area contributed by atoms with Crippen molar-refractivity contribution in [2.45, 2.75) is 0 Å². The summed E-state index contributed by atoms with van der Waals surface area (Å²) < 4.78 is 0. The van der Waals surface area contributed by atoms with Crippen LogP contribution in [0.4, 0.5) is 0 Å². The minimum Gasteiger partial charge on any atom is -0.444 e. The van der Waals surface area contributed by atoms with Crippen LogP contribution in [0.5, 0.6) is 0 Å². The maximum absolute atomic E-state index is 8.00. The van der Waals surface area contributed by atoms with Gasteiger partial charge < -0.3 is 60.7 Å². The van der Waals surface area contributed by atoms with Gasteiger partial charge in [-0.2, -0.15) is 0 Å². The van der Waals surface area contributed by atoms with E-state index in [0.717, 1.165) is 32.0 Å². The van der Waals surface area contributed by atoms with Crippen LogP contribution in [0.3, 0.4) is 0 Å². The van der Waals surface area contributed by atoms with E-state index in [0.29, 0.717) is 0 Å².